The van der Waals surface area contributed by atoms with Crippen LogP contribution >= 0.6 is 0 Å². The van der Waals surface area contributed by atoms with Crippen LogP contribution in [0.3, 0.4) is 0 Å². The standard InChI is InChI=1S/C18H18N4O/c1-22-7-6-14(10-22)16-8-15-9-19-21-18(15)17(20-16)13-4-2-12(11-23)3-5-13/h2-5,8-9,11,14H,6-7,10H2,1H3,(H,19,21). The molecule has 1 unspecified atom stereocenters. The van der Waals surface area contributed by atoms with E-state index in [4.69, 9.17) is 4.98 Å². The summed E-state index contributed by atoms with van der Waals surface area (Å²) in [5.74, 6) is 0.465. The third kappa shape index (κ3) is 2.53. The lowest BCUT2D eigenvalue weighted by molar-refractivity contribution is 0.112. The summed E-state index contributed by atoms with van der Waals surface area (Å²) in [5.41, 5.74) is 4.64. The van der Waals surface area contributed by atoms with E-state index in [9.17, 15) is 4.79 Å². The molecule has 1 aliphatic heterocycles. The van der Waals surface area contributed by atoms with E-state index in [1.54, 1.807) is 0 Å². The van der Waals surface area contributed by atoms with Gasteiger partial charge in [-0.15, -0.1) is 0 Å². The largest absolute Gasteiger partial charge is 0.306 e. The first-order chi connectivity index (χ1) is 11.2. The number of hydrogen-bond acceptors (Lipinski definition) is 4. The number of likely N-dealkylation sites (N-methyl/N-ethyl adjacent to an activating group) is 1. The number of H-pyrrole nitrogens is 1. The van der Waals surface area contributed by atoms with Crippen LogP contribution in [0.4, 0.5) is 0 Å². The van der Waals surface area contributed by atoms with Crippen molar-refractivity contribution >= 4 is 17.2 Å². The quantitative estimate of drug-likeness (QED) is 0.756. The van der Waals surface area contributed by atoms with Crippen LogP contribution in [0.1, 0.15) is 28.4 Å². The van der Waals surface area contributed by atoms with Crippen LogP contribution < -0.4 is 0 Å². The van der Waals surface area contributed by atoms with Crippen LogP contribution in [0.5, 0.6) is 0 Å². The van der Waals surface area contributed by atoms with Gasteiger partial charge in [0.1, 0.15) is 6.29 Å². The molecule has 1 N–H and O–H groups in total. The molecule has 0 amide bonds. The molecule has 0 aliphatic carbocycles. The summed E-state index contributed by atoms with van der Waals surface area (Å²) in [5, 5.41) is 8.30. The molecule has 3 aromatic rings. The molecule has 0 radical (unpaired) electrons. The minimum absolute atomic E-state index is 0.465. The van der Waals surface area contributed by atoms with Crippen molar-refractivity contribution in [2.45, 2.75) is 12.3 Å². The van der Waals surface area contributed by atoms with Gasteiger partial charge in [-0.25, -0.2) is 0 Å². The summed E-state index contributed by atoms with van der Waals surface area (Å²) < 4.78 is 0. The Balaban J connectivity index is 1.83. The number of likely N-dealkylation sites (tertiary alicyclic amines) is 1. The number of carbonyl (C=O) groups excluding carboxylic acids is 1. The molecule has 1 saturated heterocycles. The molecular formula is C18H18N4O. The minimum atomic E-state index is 0.465. The highest BCUT2D eigenvalue weighted by Crippen LogP contribution is 2.31. The Bertz CT molecular complexity index is 853. The second-order valence-corrected chi connectivity index (χ2v) is 6.22. The zero-order chi connectivity index (χ0) is 15.8. The molecule has 0 spiro atoms. The van der Waals surface area contributed by atoms with E-state index in [0.717, 1.165) is 53.7 Å². The van der Waals surface area contributed by atoms with Gasteiger partial charge in [-0.2, -0.15) is 5.10 Å². The average molecular weight is 306 g/mol. The maximum absolute atomic E-state index is 10.8. The number of carbonyl (C=O) groups is 1. The molecule has 116 valence electrons. The summed E-state index contributed by atoms with van der Waals surface area (Å²) in [6.45, 7) is 2.15. The second-order valence-electron chi connectivity index (χ2n) is 6.22. The topological polar surface area (TPSA) is 61.9 Å². The summed E-state index contributed by atoms with van der Waals surface area (Å²) in [6.07, 6.45) is 3.84. The van der Waals surface area contributed by atoms with Gasteiger partial charge in [-0.05, 0) is 26.1 Å². The molecule has 3 heterocycles. The van der Waals surface area contributed by atoms with Crippen LogP contribution in [0, 0.1) is 0 Å². The molecule has 1 aliphatic rings. The van der Waals surface area contributed by atoms with Gasteiger partial charge in [0.25, 0.3) is 0 Å². The normalized spacial score (nSPS) is 18.6. The summed E-state index contributed by atoms with van der Waals surface area (Å²) >= 11 is 0. The fourth-order valence-corrected chi connectivity index (χ4v) is 3.29. The molecule has 0 saturated carbocycles. The number of pyridine rings is 1. The third-order valence-corrected chi connectivity index (χ3v) is 4.58. The molecule has 2 aromatic heterocycles. The van der Waals surface area contributed by atoms with Gasteiger partial charge in [0.15, 0.2) is 0 Å². The molecular weight excluding hydrogens is 288 g/mol. The predicted octanol–water partition coefficient (Wildman–Crippen LogP) is 2.86. The van der Waals surface area contributed by atoms with E-state index in [1.807, 2.05) is 30.5 Å². The predicted molar refractivity (Wildman–Crippen MR) is 89.6 cm³/mol. The fourth-order valence-electron chi connectivity index (χ4n) is 3.29. The Morgan fingerprint density at radius 3 is 2.83 bits per heavy atom. The second kappa shape index (κ2) is 5.59. The van der Waals surface area contributed by atoms with Gasteiger partial charge in [0, 0.05) is 34.7 Å². The number of rotatable bonds is 3. The van der Waals surface area contributed by atoms with Crippen molar-refractivity contribution in [1.29, 1.82) is 0 Å². The van der Waals surface area contributed by atoms with Crippen molar-refractivity contribution < 1.29 is 4.79 Å². The molecule has 1 atom stereocenters. The van der Waals surface area contributed by atoms with Gasteiger partial charge < -0.3 is 4.90 Å². The molecule has 5 heteroatoms. The molecule has 1 fully saturated rings. The van der Waals surface area contributed by atoms with Crippen molar-refractivity contribution in [3.05, 3.63) is 47.8 Å². The first kappa shape index (κ1) is 14.1. The van der Waals surface area contributed by atoms with E-state index in [2.05, 4.69) is 28.2 Å². The molecule has 1 aromatic carbocycles. The molecule has 23 heavy (non-hydrogen) atoms. The van der Waals surface area contributed by atoms with Crippen LogP contribution in [-0.2, 0) is 0 Å². The highest BCUT2D eigenvalue weighted by atomic mass is 16.1. The van der Waals surface area contributed by atoms with Crippen molar-refractivity contribution in [2.75, 3.05) is 20.1 Å². The Morgan fingerprint density at radius 2 is 2.13 bits per heavy atom. The first-order valence-corrected chi connectivity index (χ1v) is 7.83. The Kier molecular flexibility index (Phi) is 3.42. The zero-order valence-electron chi connectivity index (χ0n) is 13.0. The number of aromatic nitrogens is 3. The molecule has 0 bridgehead atoms. The number of nitrogens with zero attached hydrogens (tertiary/aromatic N) is 3. The van der Waals surface area contributed by atoms with Crippen molar-refractivity contribution in [3.8, 4) is 11.3 Å². The van der Waals surface area contributed by atoms with Gasteiger partial charge in [0.2, 0.25) is 0 Å². The summed E-state index contributed by atoms with van der Waals surface area (Å²) in [4.78, 5) is 18.1. The van der Waals surface area contributed by atoms with E-state index in [0.29, 0.717) is 11.5 Å². The number of fused-ring (bicyclic) bond motifs is 1. The number of aromatic amines is 1. The highest BCUT2D eigenvalue weighted by molar-refractivity contribution is 5.91. The number of benzene rings is 1. The summed E-state index contributed by atoms with van der Waals surface area (Å²) in [6, 6.07) is 9.67. The van der Waals surface area contributed by atoms with E-state index in [1.165, 1.54) is 0 Å². The van der Waals surface area contributed by atoms with Crippen molar-refractivity contribution in [2.24, 2.45) is 0 Å². The monoisotopic (exact) mass is 306 g/mol. The highest BCUT2D eigenvalue weighted by Gasteiger charge is 2.23. The lowest BCUT2D eigenvalue weighted by atomic mass is 10.0. The fraction of sp³-hybridized carbons (Fsp3) is 0.278. The number of nitrogens with one attached hydrogen (secondary N) is 1. The third-order valence-electron chi connectivity index (χ3n) is 4.58. The maximum atomic E-state index is 10.8. The van der Waals surface area contributed by atoms with E-state index >= 15 is 0 Å². The number of aldehydes is 1. The number of hydrogen-bond donors (Lipinski definition) is 1. The molecule has 5 nitrogen and oxygen atoms in total. The Morgan fingerprint density at radius 1 is 1.30 bits per heavy atom. The van der Waals surface area contributed by atoms with Crippen LogP contribution in [-0.4, -0.2) is 46.5 Å². The van der Waals surface area contributed by atoms with Crippen LogP contribution in [0.25, 0.3) is 22.2 Å². The van der Waals surface area contributed by atoms with E-state index in [-0.39, 0.29) is 0 Å². The minimum Gasteiger partial charge on any atom is -0.306 e. The SMILES string of the molecule is CN1CCC(c2cc3cn[nH]c3c(-c3ccc(C=O)cc3)n2)C1. The molecule has 4 rings (SSSR count). The van der Waals surface area contributed by atoms with Gasteiger partial charge >= 0.3 is 0 Å². The van der Waals surface area contributed by atoms with Gasteiger partial charge in [0.05, 0.1) is 17.4 Å². The van der Waals surface area contributed by atoms with Gasteiger partial charge in [-0.3, -0.25) is 14.9 Å². The van der Waals surface area contributed by atoms with Crippen molar-refractivity contribution in [3.63, 3.8) is 0 Å². The maximum Gasteiger partial charge on any atom is 0.150 e. The van der Waals surface area contributed by atoms with Crippen LogP contribution in [0.2, 0.25) is 0 Å². The zero-order valence-corrected chi connectivity index (χ0v) is 13.0. The van der Waals surface area contributed by atoms with Gasteiger partial charge in [-0.1, -0.05) is 24.3 Å². The summed E-state index contributed by atoms with van der Waals surface area (Å²) in [7, 11) is 2.15. The van der Waals surface area contributed by atoms with Crippen LogP contribution in [0.15, 0.2) is 36.5 Å². The Hall–Kier alpha value is -2.53. The lowest BCUT2D eigenvalue weighted by Gasteiger charge is -2.12. The first-order valence-electron chi connectivity index (χ1n) is 7.83. The lowest BCUT2D eigenvalue weighted by Crippen LogP contribution is -2.13. The van der Waals surface area contributed by atoms with Crippen molar-refractivity contribution in [1.82, 2.24) is 20.1 Å². The van der Waals surface area contributed by atoms with E-state index < -0.39 is 0 Å². The smallest absolute Gasteiger partial charge is 0.150 e. The Labute approximate surface area is 134 Å². The average Bonchev–Trinajstić information content (AvgIpc) is 3.22.